The Balaban J connectivity index is 2.25. The molecule has 15 heavy (non-hydrogen) atoms. The Morgan fingerprint density at radius 2 is 2.20 bits per heavy atom. The highest BCUT2D eigenvalue weighted by Crippen LogP contribution is 2.22. The van der Waals surface area contributed by atoms with Gasteiger partial charge in [0.15, 0.2) is 0 Å². The number of nitrogens with two attached hydrogens (primary N) is 1. The normalized spacial score (nSPS) is 10.3. The van der Waals surface area contributed by atoms with Gasteiger partial charge < -0.3 is 15.0 Å². The second-order valence-electron chi connectivity index (χ2n) is 3.44. The van der Waals surface area contributed by atoms with Crippen LogP contribution in [0.2, 0.25) is 0 Å². The number of anilines is 1. The van der Waals surface area contributed by atoms with Crippen molar-refractivity contribution in [1.82, 2.24) is 9.55 Å². The molecule has 0 atom stereocenters. The zero-order valence-corrected chi connectivity index (χ0v) is 8.77. The van der Waals surface area contributed by atoms with Crippen molar-refractivity contribution in [2.75, 3.05) is 5.73 Å². The van der Waals surface area contributed by atoms with Gasteiger partial charge >= 0.3 is 6.01 Å². The number of hydrogen-bond donors (Lipinski definition) is 1. The molecule has 0 fully saturated rings. The van der Waals surface area contributed by atoms with Gasteiger partial charge in [-0.25, -0.2) is 4.98 Å². The molecule has 0 saturated heterocycles. The summed E-state index contributed by atoms with van der Waals surface area (Å²) in [5.41, 5.74) is 7.48. The van der Waals surface area contributed by atoms with Crippen LogP contribution in [0.5, 0.6) is 11.8 Å². The van der Waals surface area contributed by atoms with E-state index in [1.807, 2.05) is 42.9 Å². The number of imidazole rings is 1. The molecule has 0 unspecified atom stereocenters. The van der Waals surface area contributed by atoms with Gasteiger partial charge in [-0.1, -0.05) is 0 Å². The number of benzene rings is 1. The molecule has 0 amide bonds. The van der Waals surface area contributed by atoms with E-state index in [9.17, 15) is 0 Å². The summed E-state index contributed by atoms with van der Waals surface area (Å²) in [4.78, 5) is 4.07. The van der Waals surface area contributed by atoms with E-state index in [1.54, 1.807) is 6.20 Å². The van der Waals surface area contributed by atoms with Crippen molar-refractivity contribution in [1.29, 1.82) is 0 Å². The third-order valence-corrected chi connectivity index (χ3v) is 2.23. The summed E-state index contributed by atoms with van der Waals surface area (Å²) in [7, 11) is 1.88. The highest BCUT2D eigenvalue weighted by Gasteiger charge is 2.03. The lowest BCUT2D eigenvalue weighted by molar-refractivity contribution is 0.424. The second kappa shape index (κ2) is 3.65. The number of nitrogens with zero attached hydrogens (tertiary/aromatic N) is 2. The van der Waals surface area contributed by atoms with Crippen molar-refractivity contribution in [2.24, 2.45) is 7.05 Å². The van der Waals surface area contributed by atoms with Crippen LogP contribution in [0.3, 0.4) is 0 Å². The Bertz CT molecular complexity index is 476. The molecule has 1 aromatic carbocycles. The summed E-state index contributed by atoms with van der Waals surface area (Å²) in [6.07, 6.45) is 3.53. The molecule has 2 N–H and O–H groups in total. The van der Waals surface area contributed by atoms with Gasteiger partial charge in [0.1, 0.15) is 5.75 Å². The highest BCUT2D eigenvalue weighted by molar-refractivity contribution is 5.49. The van der Waals surface area contributed by atoms with E-state index in [-0.39, 0.29) is 0 Å². The molecule has 4 heteroatoms. The zero-order valence-electron chi connectivity index (χ0n) is 8.77. The quantitative estimate of drug-likeness (QED) is 0.760. The molecule has 0 aliphatic carbocycles. The van der Waals surface area contributed by atoms with E-state index < -0.39 is 0 Å². The molecule has 78 valence electrons. The maximum Gasteiger partial charge on any atom is 0.301 e. The van der Waals surface area contributed by atoms with E-state index in [0.717, 1.165) is 17.0 Å². The summed E-state index contributed by atoms with van der Waals surface area (Å²) >= 11 is 0. The molecule has 1 aromatic heterocycles. The first kappa shape index (κ1) is 9.58. The molecule has 0 saturated carbocycles. The number of aryl methyl sites for hydroxylation is 2. The van der Waals surface area contributed by atoms with Crippen LogP contribution in [0.1, 0.15) is 5.56 Å². The maximum absolute atomic E-state index is 5.72. The minimum Gasteiger partial charge on any atom is -0.426 e. The van der Waals surface area contributed by atoms with Gasteiger partial charge in [0.25, 0.3) is 0 Å². The largest absolute Gasteiger partial charge is 0.426 e. The molecule has 4 nitrogen and oxygen atoms in total. The molecular formula is C11H13N3O. The van der Waals surface area contributed by atoms with E-state index in [0.29, 0.717) is 6.01 Å². The molecule has 0 spiro atoms. The van der Waals surface area contributed by atoms with Crippen molar-refractivity contribution in [3.05, 3.63) is 36.2 Å². The first-order valence-corrected chi connectivity index (χ1v) is 4.68. The van der Waals surface area contributed by atoms with Crippen LogP contribution < -0.4 is 10.5 Å². The maximum atomic E-state index is 5.72. The van der Waals surface area contributed by atoms with Gasteiger partial charge in [-0.15, -0.1) is 0 Å². The average molecular weight is 203 g/mol. The summed E-state index contributed by atoms with van der Waals surface area (Å²) in [5, 5.41) is 0. The summed E-state index contributed by atoms with van der Waals surface area (Å²) in [6.45, 7) is 1.95. The third-order valence-electron chi connectivity index (χ3n) is 2.23. The molecule has 0 bridgehead atoms. The second-order valence-corrected chi connectivity index (χ2v) is 3.44. The Kier molecular flexibility index (Phi) is 2.33. The fraction of sp³-hybridized carbons (Fsp3) is 0.182. The number of hydrogen-bond acceptors (Lipinski definition) is 3. The Labute approximate surface area is 88.3 Å². The third kappa shape index (κ3) is 1.93. The van der Waals surface area contributed by atoms with Gasteiger partial charge in [-0.3, -0.25) is 0 Å². The SMILES string of the molecule is Cc1cc(Oc2nccn2C)ccc1N. The number of ether oxygens (including phenoxy) is 1. The molecule has 2 rings (SSSR count). The van der Waals surface area contributed by atoms with Crippen LogP contribution in [0.15, 0.2) is 30.6 Å². The lowest BCUT2D eigenvalue weighted by Crippen LogP contribution is -1.95. The van der Waals surface area contributed by atoms with Crippen molar-refractivity contribution >= 4 is 5.69 Å². The molecular weight excluding hydrogens is 190 g/mol. The fourth-order valence-electron chi connectivity index (χ4n) is 1.27. The Hall–Kier alpha value is -1.97. The predicted molar refractivity (Wildman–Crippen MR) is 58.9 cm³/mol. The minimum absolute atomic E-state index is 0.569. The number of rotatable bonds is 2. The van der Waals surface area contributed by atoms with Gasteiger partial charge in [-0.05, 0) is 30.7 Å². The monoisotopic (exact) mass is 203 g/mol. The number of aromatic nitrogens is 2. The lowest BCUT2D eigenvalue weighted by Gasteiger charge is -2.06. The predicted octanol–water partition coefficient (Wildman–Crippen LogP) is 2.10. The van der Waals surface area contributed by atoms with Crippen molar-refractivity contribution in [2.45, 2.75) is 6.92 Å². The average Bonchev–Trinajstić information content (AvgIpc) is 2.59. The lowest BCUT2D eigenvalue weighted by atomic mass is 10.2. The topological polar surface area (TPSA) is 53.1 Å². The standard InChI is InChI=1S/C11H13N3O/c1-8-7-9(3-4-10(8)12)15-11-13-5-6-14(11)2/h3-7H,12H2,1-2H3. The summed E-state index contributed by atoms with van der Waals surface area (Å²) in [6, 6.07) is 6.12. The van der Waals surface area contributed by atoms with Gasteiger partial charge in [0, 0.05) is 25.1 Å². The van der Waals surface area contributed by atoms with E-state index in [2.05, 4.69) is 4.98 Å². The fourth-order valence-corrected chi connectivity index (χ4v) is 1.27. The first-order chi connectivity index (χ1) is 7.16. The van der Waals surface area contributed by atoms with Crippen LogP contribution >= 0.6 is 0 Å². The molecule has 0 aliphatic heterocycles. The van der Waals surface area contributed by atoms with Crippen LogP contribution in [-0.4, -0.2) is 9.55 Å². The number of nitrogen functional groups attached to an aromatic ring is 1. The molecule has 0 aliphatic rings. The highest BCUT2D eigenvalue weighted by atomic mass is 16.5. The Morgan fingerprint density at radius 1 is 1.40 bits per heavy atom. The van der Waals surface area contributed by atoms with Crippen LogP contribution in [0.4, 0.5) is 5.69 Å². The van der Waals surface area contributed by atoms with Gasteiger partial charge in [0.2, 0.25) is 0 Å². The molecule has 1 heterocycles. The van der Waals surface area contributed by atoms with Crippen LogP contribution in [0, 0.1) is 6.92 Å². The van der Waals surface area contributed by atoms with Gasteiger partial charge in [-0.2, -0.15) is 0 Å². The molecule has 2 aromatic rings. The van der Waals surface area contributed by atoms with E-state index in [1.165, 1.54) is 0 Å². The van der Waals surface area contributed by atoms with Crippen LogP contribution in [-0.2, 0) is 7.05 Å². The van der Waals surface area contributed by atoms with Crippen molar-refractivity contribution in [3.63, 3.8) is 0 Å². The van der Waals surface area contributed by atoms with E-state index in [4.69, 9.17) is 10.5 Å². The zero-order chi connectivity index (χ0) is 10.8. The van der Waals surface area contributed by atoms with E-state index >= 15 is 0 Å². The first-order valence-electron chi connectivity index (χ1n) is 4.68. The summed E-state index contributed by atoms with van der Waals surface area (Å²) < 4.78 is 7.39. The van der Waals surface area contributed by atoms with Crippen LogP contribution in [0.25, 0.3) is 0 Å². The summed E-state index contributed by atoms with van der Waals surface area (Å²) in [5.74, 6) is 0.746. The molecule has 0 radical (unpaired) electrons. The Morgan fingerprint density at radius 3 is 2.80 bits per heavy atom. The smallest absolute Gasteiger partial charge is 0.301 e. The van der Waals surface area contributed by atoms with Gasteiger partial charge in [0.05, 0.1) is 0 Å². The van der Waals surface area contributed by atoms with Crippen molar-refractivity contribution in [3.8, 4) is 11.8 Å². The van der Waals surface area contributed by atoms with Crippen molar-refractivity contribution < 1.29 is 4.74 Å². The minimum atomic E-state index is 0.569.